The smallest absolute Gasteiger partial charge is 0.224 e. The van der Waals surface area contributed by atoms with Gasteiger partial charge in [0.05, 0.1) is 0 Å². The summed E-state index contributed by atoms with van der Waals surface area (Å²) < 4.78 is 1.08. The summed E-state index contributed by atoms with van der Waals surface area (Å²) in [6.45, 7) is 1.67. The Balaban J connectivity index is 2.01. The molecule has 1 aliphatic rings. The Labute approximate surface area is 85.7 Å². The molecule has 0 bridgehead atoms. The minimum absolute atomic E-state index is 0.267. The number of rotatable bonds is 2. The summed E-state index contributed by atoms with van der Waals surface area (Å²) in [5, 5.41) is 0. The summed E-state index contributed by atoms with van der Waals surface area (Å²) in [4.78, 5) is 12.9. The van der Waals surface area contributed by atoms with Gasteiger partial charge >= 0.3 is 0 Å². The summed E-state index contributed by atoms with van der Waals surface area (Å²) in [6, 6.07) is 8.07. The molecule has 0 aromatic heterocycles. The highest BCUT2D eigenvalue weighted by Crippen LogP contribution is 2.16. The number of likely N-dealkylation sites (tertiary alicyclic amines) is 1. The molecule has 1 aromatic carbocycles. The fourth-order valence-corrected chi connectivity index (χ4v) is 1.60. The molecule has 0 saturated carbocycles. The van der Waals surface area contributed by atoms with Crippen LogP contribution < -0.4 is 0 Å². The van der Waals surface area contributed by atoms with E-state index in [0.29, 0.717) is 0 Å². The number of hydrogen-bond donors (Lipinski definition) is 0. The molecule has 0 aliphatic carbocycles. The first-order valence-corrected chi connectivity index (χ1v) is 5.07. The third-order valence-corrected chi connectivity index (χ3v) is 2.76. The summed E-state index contributed by atoms with van der Waals surface area (Å²) >= 11 is 3.37. The minimum Gasteiger partial charge on any atom is -0.338 e. The number of amides is 1. The average molecular weight is 240 g/mol. The normalized spacial score (nSPS) is 15.8. The predicted molar refractivity (Wildman–Crippen MR) is 54.2 cm³/mol. The van der Waals surface area contributed by atoms with Crippen LogP contribution in [0.4, 0.5) is 0 Å². The fraction of sp³-hybridized carbons (Fsp3) is 0.300. The first-order chi connectivity index (χ1) is 6.25. The first kappa shape index (κ1) is 8.75. The average Bonchev–Trinajstić information content (AvgIpc) is 2.15. The lowest BCUT2D eigenvalue weighted by Crippen LogP contribution is -2.42. The van der Waals surface area contributed by atoms with Crippen LogP contribution in [0, 0.1) is 0 Å². The molecule has 13 heavy (non-hydrogen) atoms. The molecule has 0 atom stereocenters. The molecule has 2 rings (SSSR count). The highest BCUT2D eigenvalue weighted by atomic mass is 79.9. The zero-order valence-electron chi connectivity index (χ0n) is 7.16. The van der Waals surface area contributed by atoms with Gasteiger partial charge in [-0.1, -0.05) is 28.1 Å². The van der Waals surface area contributed by atoms with Gasteiger partial charge < -0.3 is 4.90 Å². The van der Waals surface area contributed by atoms with E-state index in [9.17, 15) is 4.79 Å². The second-order valence-corrected chi connectivity index (χ2v) is 4.11. The van der Waals surface area contributed by atoms with Crippen LogP contribution in [0.5, 0.6) is 0 Å². The maximum Gasteiger partial charge on any atom is 0.224 e. The zero-order valence-corrected chi connectivity index (χ0v) is 8.75. The van der Waals surface area contributed by atoms with Crippen LogP contribution in [0.3, 0.4) is 0 Å². The Hall–Kier alpha value is -0.830. The summed E-state index contributed by atoms with van der Waals surface area (Å²) in [5.74, 6) is 0.267. The Kier molecular flexibility index (Phi) is 2.36. The van der Waals surface area contributed by atoms with E-state index in [1.165, 1.54) is 5.56 Å². The van der Waals surface area contributed by atoms with Gasteiger partial charge in [-0.3, -0.25) is 4.79 Å². The van der Waals surface area contributed by atoms with Crippen molar-refractivity contribution >= 4 is 21.8 Å². The van der Waals surface area contributed by atoms with Crippen LogP contribution in [0.25, 0.3) is 0 Å². The van der Waals surface area contributed by atoms with Gasteiger partial charge in [0.2, 0.25) is 5.91 Å². The molecule has 3 heteroatoms. The second kappa shape index (κ2) is 3.50. The second-order valence-electron chi connectivity index (χ2n) is 3.19. The molecule has 0 N–H and O–H groups in total. The molecule has 1 aromatic rings. The molecule has 0 radical (unpaired) electrons. The SMILES string of the molecule is O=C1CCN1Cc1ccc(Br)cc1. The molecule has 2 nitrogen and oxygen atoms in total. The van der Waals surface area contributed by atoms with Crippen molar-refractivity contribution in [2.75, 3.05) is 6.54 Å². The van der Waals surface area contributed by atoms with Crippen LogP contribution in [0.15, 0.2) is 28.7 Å². The van der Waals surface area contributed by atoms with Crippen molar-refractivity contribution in [1.29, 1.82) is 0 Å². The molecule has 1 fully saturated rings. The van der Waals surface area contributed by atoms with Gasteiger partial charge in [-0.15, -0.1) is 0 Å². The van der Waals surface area contributed by atoms with Gasteiger partial charge in [0.25, 0.3) is 0 Å². The Morgan fingerprint density at radius 3 is 2.46 bits per heavy atom. The lowest BCUT2D eigenvalue weighted by molar-refractivity contribution is -0.140. The van der Waals surface area contributed by atoms with Gasteiger partial charge in [-0.2, -0.15) is 0 Å². The largest absolute Gasteiger partial charge is 0.338 e. The van der Waals surface area contributed by atoms with Gasteiger partial charge in [0, 0.05) is 24.0 Å². The topological polar surface area (TPSA) is 20.3 Å². The van der Waals surface area contributed by atoms with Crippen molar-refractivity contribution in [3.63, 3.8) is 0 Å². The first-order valence-electron chi connectivity index (χ1n) is 4.28. The van der Waals surface area contributed by atoms with Crippen LogP contribution in [-0.2, 0) is 11.3 Å². The van der Waals surface area contributed by atoms with Crippen LogP contribution >= 0.6 is 15.9 Å². The number of benzene rings is 1. The van der Waals surface area contributed by atoms with E-state index in [1.807, 2.05) is 29.2 Å². The standard InChI is InChI=1S/C10H10BrNO/c11-9-3-1-8(2-4-9)7-12-6-5-10(12)13/h1-4H,5-7H2. The summed E-state index contributed by atoms with van der Waals surface area (Å²) in [5.41, 5.74) is 1.19. The van der Waals surface area contributed by atoms with E-state index in [4.69, 9.17) is 0 Å². The number of carbonyl (C=O) groups is 1. The van der Waals surface area contributed by atoms with Gasteiger partial charge in [-0.25, -0.2) is 0 Å². The van der Waals surface area contributed by atoms with E-state index in [0.717, 1.165) is 24.0 Å². The van der Waals surface area contributed by atoms with Crippen molar-refractivity contribution in [3.8, 4) is 0 Å². The molecule has 0 unspecified atom stereocenters. The Morgan fingerprint density at radius 2 is 2.00 bits per heavy atom. The van der Waals surface area contributed by atoms with Crippen molar-refractivity contribution in [1.82, 2.24) is 4.90 Å². The van der Waals surface area contributed by atoms with Crippen LogP contribution in [-0.4, -0.2) is 17.4 Å². The van der Waals surface area contributed by atoms with Crippen molar-refractivity contribution in [2.45, 2.75) is 13.0 Å². The van der Waals surface area contributed by atoms with E-state index >= 15 is 0 Å². The predicted octanol–water partition coefficient (Wildman–Crippen LogP) is 2.18. The fourth-order valence-electron chi connectivity index (χ4n) is 1.34. The van der Waals surface area contributed by atoms with Crippen molar-refractivity contribution in [2.24, 2.45) is 0 Å². The zero-order chi connectivity index (χ0) is 9.26. The molecule has 0 spiro atoms. The number of hydrogen-bond acceptors (Lipinski definition) is 1. The number of carbonyl (C=O) groups excluding carboxylic acids is 1. The number of halogens is 1. The summed E-state index contributed by atoms with van der Waals surface area (Å²) in [6.07, 6.45) is 0.719. The van der Waals surface area contributed by atoms with Crippen LogP contribution in [0.2, 0.25) is 0 Å². The monoisotopic (exact) mass is 239 g/mol. The van der Waals surface area contributed by atoms with Gasteiger partial charge in [-0.05, 0) is 17.7 Å². The molecule has 1 saturated heterocycles. The molecule has 1 amide bonds. The minimum atomic E-state index is 0.267. The Morgan fingerprint density at radius 1 is 1.31 bits per heavy atom. The maximum absolute atomic E-state index is 11.0. The van der Waals surface area contributed by atoms with Crippen LogP contribution in [0.1, 0.15) is 12.0 Å². The van der Waals surface area contributed by atoms with Gasteiger partial charge in [0.15, 0.2) is 0 Å². The third kappa shape index (κ3) is 1.91. The Bertz CT molecular complexity index is 320. The molecular formula is C10H10BrNO. The molecule has 1 heterocycles. The quantitative estimate of drug-likeness (QED) is 0.725. The lowest BCUT2D eigenvalue weighted by atomic mass is 10.1. The van der Waals surface area contributed by atoms with E-state index in [1.54, 1.807) is 0 Å². The van der Waals surface area contributed by atoms with E-state index in [-0.39, 0.29) is 5.91 Å². The highest BCUT2D eigenvalue weighted by molar-refractivity contribution is 9.10. The lowest BCUT2D eigenvalue weighted by Gasteiger charge is -2.30. The molecule has 68 valence electrons. The highest BCUT2D eigenvalue weighted by Gasteiger charge is 2.22. The summed E-state index contributed by atoms with van der Waals surface area (Å²) in [7, 11) is 0. The molecular weight excluding hydrogens is 230 g/mol. The number of β-lactam (4-membered cyclic amide) rings is 1. The van der Waals surface area contributed by atoms with Crippen molar-refractivity contribution in [3.05, 3.63) is 34.3 Å². The van der Waals surface area contributed by atoms with E-state index in [2.05, 4.69) is 15.9 Å². The van der Waals surface area contributed by atoms with Gasteiger partial charge in [0.1, 0.15) is 0 Å². The van der Waals surface area contributed by atoms with Crippen molar-refractivity contribution < 1.29 is 4.79 Å². The van der Waals surface area contributed by atoms with E-state index < -0.39 is 0 Å². The number of nitrogens with zero attached hydrogens (tertiary/aromatic N) is 1. The maximum atomic E-state index is 11.0. The molecule has 1 aliphatic heterocycles. The third-order valence-electron chi connectivity index (χ3n) is 2.23.